The van der Waals surface area contributed by atoms with Crippen LogP contribution in [0.1, 0.15) is 55.2 Å². The van der Waals surface area contributed by atoms with Crippen molar-refractivity contribution in [3.05, 3.63) is 46.7 Å². The molecule has 0 radical (unpaired) electrons. The number of carbonyl (C=O) groups excluding carboxylic acids is 2. The van der Waals surface area contributed by atoms with Crippen molar-refractivity contribution in [2.45, 2.75) is 103 Å². The van der Waals surface area contributed by atoms with Gasteiger partial charge in [-0.15, -0.1) is 11.3 Å². The van der Waals surface area contributed by atoms with E-state index in [1.54, 1.807) is 17.5 Å². The predicted molar refractivity (Wildman–Crippen MR) is 209 cm³/mol. The molecule has 2 aromatic heterocycles. The van der Waals surface area contributed by atoms with Gasteiger partial charge in [0.15, 0.2) is 5.82 Å². The first-order valence-electron chi connectivity index (χ1n) is 17.7. The average Bonchev–Trinajstić information content (AvgIpc) is 3.81. The van der Waals surface area contributed by atoms with Crippen LogP contribution in [0.5, 0.6) is 0 Å². The van der Waals surface area contributed by atoms with Crippen LogP contribution in [-0.2, 0) is 25.8 Å². The summed E-state index contributed by atoms with van der Waals surface area (Å²) in [5, 5.41) is 1.20. The lowest BCUT2D eigenvalue weighted by Gasteiger charge is -2.28. The zero-order valence-corrected chi connectivity index (χ0v) is 35.3. The van der Waals surface area contributed by atoms with E-state index < -0.39 is 21.7 Å². The lowest BCUT2D eigenvalue weighted by atomic mass is 10.1. The number of hydrogen-bond donors (Lipinski definition) is 0. The van der Waals surface area contributed by atoms with E-state index in [2.05, 4.69) is 44.3 Å². The van der Waals surface area contributed by atoms with Crippen LogP contribution in [0.2, 0.25) is 51.4 Å². The number of amides is 2. The first-order chi connectivity index (χ1) is 23.9. The highest BCUT2D eigenvalue weighted by Crippen LogP contribution is 2.36. The van der Waals surface area contributed by atoms with Crippen LogP contribution in [0.25, 0.3) is 11.3 Å². The number of ether oxygens (including phenoxy) is 3. The molecule has 0 aliphatic carbocycles. The molecular weight excluding hydrogens is 701 g/mol. The predicted octanol–water partition coefficient (Wildman–Crippen LogP) is 8.47. The van der Waals surface area contributed by atoms with Gasteiger partial charge in [-0.3, -0.25) is 14.5 Å². The normalized spacial score (nSPS) is 15.4. The van der Waals surface area contributed by atoms with Crippen molar-refractivity contribution in [1.82, 2.24) is 24.5 Å². The van der Waals surface area contributed by atoms with E-state index in [4.69, 9.17) is 24.0 Å². The highest BCUT2D eigenvalue weighted by molar-refractivity contribution is 7.12. The summed E-state index contributed by atoms with van der Waals surface area (Å²) in [5.41, 5.74) is 3.60. The Hall–Kier alpha value is -3.09. The molecule has 1 atom stereocenters. The van der Waals surface area contributed by atoms with Gasteiger partial charge in [-0.2, -0.15) is 0 Å². The van der Waals surface area contributed by atoms with Gasteiger partial charge in [0.05, 0.1) is 24.4 Å². The number of aromatic nitrogens is 3. The molecule has 0 spiro atoms. The summed E-state index contributed by atoms with van der Waals surface area (Å²) < 4.78 is 20.2. The van der Waals surface area contributed by atoms with Gasteiger partial charge in [0.1, 0.15) is 29.8 Å². The molecule has 282 valence electrons. The summed E-state index contributed by atoms with van der Waals surface area (Å²) in [5.74, 6) is 1.02. The molecule has 3 aromatic rings. The smallest absolute Gasteiger partial charge is 0.410 e. The van der Waals surface area contributed by atoms with E-state index in [1.807, 2.05) is 60.7 Å². The Kier molecular flexibility index (Phi) is 13.7. The summed E-state index contributed by atoms with van der Waals surface area (Å²) in [6, 6.07) is 9.89. The van der Waals surface area contributed by atoms with E-state index in [-0.39, 0.29) is 24.8 Å². The summed E-state index contributed by atoms with van der Waals surface area (Å²) in [6.45, 7) is 22.1. The fourth-order valence-corrected chi connectivity index (χ4v) is 7.73. The first-order valence-corrected chi connectivity index (χ1v) is 26.0. The third-order valence-electron chi connectivity index (χ3n) is 8.46. The van der Waals surface area contributed by atoms with Crippen molar-refractivity contribution in [2.75, 3.05) is 45.5 Å². The molecule has 2 amide bonds. The molecule has 3 heterocycles. The fourth-order valence-electron chi connectivity index (χ4n) is 5.46. The zero-order chi connectivity index (χ0) is 37.6. The summed E-state index contributed by atoms with van der Waals surface area (Å²) in [4.78, 5) is 45.5. The largest absolute Gasteiger partial charge is 0.444 e. The summed E-state index contributed by atoms with van der Waals surface area (Å²) in [6.07, 6.45) is 3.35. The van der Waals surface area contributed by atoms with Crippen molar-refractivity contribution in [1.29, 1.82) is 0 Å². The molecule has 1 saturated heterocycles. The Bertz CT molecular complexity index is 1590. The first kappa shape index (κ1) is 40.7. The molecule has 12 nitrogen and oxygen atoms in total. The lowest BCUT2D eigenvalue weighted by molar-refractivity contribution is -0.0753. The minimum atomic E-state index is -1.30. The van der Waals surface area contributed by atoms with Crippen molar-refractivity contribution in [2.24, 2.45) is 0 Å². The fraction of sp³-hybridized carbons (Fsp3) is 0.611. The van der Waals surface area contributed by atoms with Crippen molar-refractivity contribution in [3.8, 4) is 11.3 Å². The Morgan fingerprint density at radius 2 is 1.65 bits per heavy atom. The summed E-state index contributed by atoms with van der Waals surface area (Å²) >= 11 is 1.27. The number of anilines is 2. The second-order valence-electron chi connectivity index (χ2n) is 16.4. The molecule has 0 unspecified atom stereocenters. The van der Waals surface area contributed by atoms with Crippen LogP contribution in [0.4, 0.5) is 16.3 Å². The number of rotatable bonds is 16. The molecule has 15 heteroatoms. The SMILES string of the molecule is CON(C)C(=O)c1scnc1N(COCC[Si](C)(C)C)c1ccc(-c2cn(COCC[Si](C)(C)C)c([C@@H]3CCCN3C(=O)OC(C)(C)C)n2)cc1. The Balaban J connectivity index is 1.65. The van der Waals surface area contributed by atoms with E-state index in [0.717, 1.165) is 47.7 Å². The van der Waals surface area contributed by atoms with E-state index in [9.17, 15) is 9.59 Å². The number of benzene rings is 1. The van der Waals surface area contributed by atoms with Crippen LogP contribution in [0.3, 0.4) is 0 Å². The number of carbonyl (C=O) groups is 2. The van der Waals surface area contributed by atoms with Gasteiger partial charge in [-0.25, -0.2) is 19.8 Å². The Morgan fingerprint density at radius 3 is 2.25 bits per heavy atom. The van der Waals surface area contributed by atoms with Crippen molar-refractivity contribution in [3.63, 3.8) is 0 Å². The number of hydroxylamine groups is 2. The minimum Gasteiger partial charge on any atom is -0.444 e. The lowest BCUT2D eigenvalue weighted by Crippen LogP contribution is -2.37. The maximum atomic E-state index is 13.3. The maximum absolute atomic E-state index is 13.3. The van der Waals surface area contributed by atoms with E-state index >= 15 is 0 Å². The molecule has 51 heavy (non-hydrogen) atoms. The van der Waals surface area contributed by atoms with Crippen LogP contribution in [0.15, 0.2) is 36.0 Å². The minimum absolute atomic E-state index is 0.219. The molecule has 1 aliphatic heterocycles. The number of thiazole rings is 1. The highest BCUT2D eigenvalue weighted by Gasteiger charge is 2.36. The number of nitrogens with zero attached hydrogens (tertiary/aromatic N) is 6. The molecule has 1 aliphatic rings. The van der Waals surface area contributed by atoms with Gasteiger partial charge in [0.2, 0.25) is 0 Å². The quantitative estimate of drug-likeness (QED) is 0.0615. The van der Waals surface area contributed by atoms with Gasteiger partial charge in [0.25, 0.3) is 5.91 Å². The third-order valence-corrected chi connectivity index (χ3v) is 12.7. The maximum Gasteiger partial charge on any atom is 0.410 e. The van der Waals surface area contributed by atoms with Crippen LogP contribution < -0.4 is 4.90 Å². The Morgan fingerprint density at radius 1 is 1.00 bits per heavy atom. The standard InChI is InChI=1S/C36H58N6O6SSi2/c1-36(2,3)48-35(44)41-18-12-13-30(41)32-38-29(23-40(32)25-46-19-21-50(6,7)8)27-14-16-28(17-15-27)42(26-47-20-22-51(9,10)11)33-31(49-24-37-33)34(43)39(4)45-5/h14-17,23-24,30H,12-13,18-22,25-26H2,1-11H3/t30-/m0/s1. The third kappa shape index (κ3) is 11.7. The van der Waals surface area contributed by atoms with Crippen LogP contribution in [0, 0.1) is 0 Å². The average molecular weight is 759 g/mol. The topological polar surface area (TPSA) is 111 Å². The Labute approximate surface area is 310 Å². The van der Waals surface area contributed by atoms with Crippen LogP contribution in [-0.4, -0.2) is 98.9 Å². The van der Waals surface area contributed by atoms with Crippen molar-refractivity contribution < 1.29 is 28.6 Å². The van der Waals surface area contributed by atoms with Gasteiger partial charge >= 0.3 is 6.09 Å². The van der Waals surface area contributed by atoms with Gasteiger partial charge in [0, 0.05) is 60.4 Å². The van der Waals surface area contributed by atoms with Gasteiger partial charge in [-0.1, -0.05) is 51.4 Å². The second kappa shape index (κ2) is 17.2. The monoisotopic (exact) mass is 758 g/mol. The molecule has 1 fully saturated rings. The zero-order valence-electron chi connectivity index (χ0n) is 32.4. The molecular formula is C36H58N6O6SSi2. The number of imidazole rings is 1. The second-order valence-corrected chi connectivity index (χ2v) is 28.5. The van der Waals surface area contributed by atoms with E-state index in [0.29, 0.717) is 37.2 Å². The molecule has 4 rings (SSSR count). The number of likely N-dealkylation sites (tertiary alicyclic amines) is 1. The molecule has 0 N–H and O–H groups in total. The molecule has 0 bridgehead atoms. The van der Waals surface area contributed by atoms with Crippen LogP contribution >= 0.6 is 11.3 Å². The summed E-state index contributed by atoms with van der Waals surface area (Å²) in [7, 11) is 0.477. The van der Waals surface area contributed by atoms with Gasteiger partial charge < -0.3 is 23.7 Å². The van der Waals surface area contributed by atoms with Gasteiger partial charge in [-0.05, 0) is 57.8 Å². The van der Waals surface area contributed by atoms with Crippen molar-refractivity contribution >= 4 is 51.0 Å². The number of hydrogen-bond acceptors (Lipinski definition) is 10. The van der Waals surface area contributed by atoms with E-state index in [1.165, 1.54) is 23.5 Å². The highest BCUT2D eigenvalue weighted by atomic mass is 32.1. The molecule has 1 aromatic carbocycles. The molecule has 0 saturated carbocycles.